The van der Waals surface area contributed by atoms with Crippen molar-refractivity contribution in [2.24, 2.45) is 0 Å². The molecule has 0 aromatic carbocycles. The molecule has 29 heavy (non-hydrogen) atoms. The molecule has 1 fully saturated rings. The van der Waals surface area contributed by atoms with Crippen LogP contribution in [0.5, 0.6) is 0 Å². The minimum absolute atomic E-state index is 0.131. The first kappa shape index (κ1) is 25.8. The molecule has 0 bridgehead atoms. The zero-order chi connectivity index (χ0) is 21.2. The summed E-state index contributed by atoms with van der Waals surface area (Å²) >= 11 is 0. The Morgan fingerprint density at radius 3 is 2.28 bits per heavy atom. The third kappa shape index (κ3) is 14.4. The second-order valence-electron chi connectivity index (χ2n) is 7.57. The van der Waals surface area contributed by atoms with Gasteiger partial charge in [-0.2, -0.15) is 0 Å². The summed E-state index contributed by atoms with van der Waals surface area (Å²) < 4.78 is 15.4. The summed E-state index contributed by atoms with van der Waals surface area (Å²) in [6, 6.07) is 0. The summed E-state index contributed by atoms with van der Waals surface area (Å²) in [4.78, 5) is 11.8. The zero-order valence-electron chi connectivity index (χ0n) is 18.0. The molecule has 2 unspecified atom stereocenters. The van der Waals surface area contributed by atoms with Crippen LogP contribution in [0.1, 0.15) is 84.0 Å². The molecule has 0 radical (unpaired) electrons. The predicted octanol–water partition coefficient (Wildman–Crippen LogP) is 4.40. The number of carbonyl (C=O) groups excluding carboxylic acids is 1. The third-order valence-corrected chi connectivity index (χ3v) is 4.69. The van der Waals surface area contributed by atoms with Gasteiger partial charge in [0, 0.05) is 6.42 Å². The van der Waals surface area contributed by atoms with E-state index in [2.05, 4.69) is 31.2 Å². The van der Waals surface area contributed by atoms with Crippen molar-refractivity contribution in [3.63, 3.8) is 0 Å². The van der Waals surface area contributed by atoms with E-state index in [-0.39, 0.29) is 19.2 Å². The van der Waals surface area contributed by atoms with Gasteiger partial charge in [-0.3, -0.25) is 4.79 Å². The summed E-state index contributed by atoms with van der Waals surface area (Å²) in [6.07, 6.45) is 20.8. The normalized spacial score (nSPS) is 19.8. The lowest BCUT2D eigenvalue weighted by Crippen LogP contribution is -2.30. The third-order valence-electron chi connectivity index (χ3n) is 4.69. The number of unbranched alkanes of at least 4 members (excludes halogenated alkanes) is 8. The van der Waals surface area contributed by atoms with Gasteiger partial charge in [0.2, 0.25) is 0 Å². The molecule has 0 aromatic heterocycles. The molecule has 2 N–H and O–H groups in total. The van der Waals surface area contributed by atoms with Crippen LogP contribution < -0.4 is 0 Å². The van der Waals surface area contributed by atoms with Crippen molar-refractivity contribution < 1.29 is 29.2 Å². The number of aliphatic hydroxyl groups is 2. The molecular weight excluding hydrogens is 372 g/mol. The molecule has 6 heteroatoms. The molecule has 1 saturated heterocycles. The summed E-state index contributed by atoms with van der Waals surface area (Å²) in [5, 5.41) is 18.0. The van der Waals surface area contributed by atoms with Gasteiger partial charge in [-0.15, -0.1) is 0 Å². The summed E-state index contributed by atoms with van der Waals surface area (Å²) in [7, 11) is 0. The van der Waals surface area contributed by atoms with Gasteiger partial charge in [0.15, 0.2) is 0 Å². The van der Waals surface area contributed by atoms with Crippen molar-refractivity contribution in [3.8, 4) is 0 Å². The highest BCUT2D eigenvalue weighted by Gasteiger charge is 2.51. The molecule has 168 valence electrons. The first-order valence-electron chi connectivity index (χ1n) is 11.2. The van der Waals surface area contributed by atoms with Crippen molar-refractivity contribution in [2.45, 2.75) is 96.1 Å². The van der Waals surface area contributed by atoms with Crippen molar-refractivity contribution in [1.82, 2.24) is 0 Å². The first-order valence-corrected chi connectivity index (χ1v) is 11.2. The van der Waals surface area contributed by atoms with Crippen LogP contribution in [0.2, 0.25) is 0 Å². The molecule has 1 rings (SSSR count). The van der Waals surface area contributed by atoms with Crippen molar-refractivity contribution >= 4 is 5.97 Å². The Kier molecular flexibility index (Phi) is 14.8. The topological polar surface area (TPSA) is 88.5 Å². The Balaban J connectivity index is 1.90. The van der Waals surface area contributed by atoms with Crippen LogP contribution >= 0.6 is 0 Å². The van der Waals surface area contributed by atoms with E-state index in [0.29, 0.717) is 6.42 Å². The van der Waals surface area contributed by atoms with Crippen LogP contribution in [0.15, 0.2) is 24.3 Å². The number of esters is 1. The molecule has 1 aliphatic heterocycles. The fraction of sp³-hybridized carbons (Fsp3) is 0.783. The van der Waals surface area contributed by atoms with Crippen molar-refractivity contribution in [3.05, 3.63) is 24.3 Å². The van der Waals surface area contributed by atoms with E-state index < -0.39 is 18.7 Å². The van der Waals surface area contributed by atoms with Crippen LogP contribution in [-0.2, 0) is 19.0 Å². The number of carbonyl (C=O) groups is 1. The van der Waals surface area contributed by atoms with E-state index in [0.717, 1.165) is 32.1 Å². The van der Waals surface area contributed by atoms with Gasteiger partial charge in [0.05, 0.1) is 13.2 Å². The van der Waals surface area contributed by atoms with Crippen LogP contribution in [-0.4, -0.2) is 48.1 Å². The van der Waals surface area contributed by atoms with E-state index >= 15 is 0 Å². The van der Waals surface area contributed by atoms with Crippen molar-refractivity contribution in [2.75, 3.05) is 19.8 Å². The molecule has 0 amide bonds. The highest BCUT2D eigenvalue weighted by molar-refractivity contribution is 5.69. The maximum Gasteiger partial charge on any atom is 0.354 e. The number of hydrogen-bond donors (Lipinski definition) is 2. The van der Waals surface area contributed by atoms with Gasteiger partial charge < -0.3 is 24.4 Å². The Labute approximate surface area is 175 Å². The lowest BCUT2D eigenvalue weighted by atomic mass is 10.1. The maximum absolute atomic E-state index is 11.8. The van der Waals surface area contributed by atoms with Gasteiger partial charge >= 0.3 is 11.9 Å². The van der Waals surface area contributed by atoms with E-state index in [9.17, 15) is 9.90 Å². The summed E-state index contributed by atoms with van der Waals surface area (Å²) in [5.74, 6) is -1.70. The lowest BCUT2D eigenvalue weighted by Gasteiger charge is -2.15. The molecule has 0 aromatic rings. The number of ether oxygens (including phenoxy) is 3. The van der Waals surface area contributed by atoms with Crippen LogP contribution in [0.4, 0.5) is 0 Å². The fourth-order valence-electron chi connectivity index (χ4n) is 2.81. The number of rotatable bonds is 19. The number of epoxide rings is 1. The SMILES string of the molecule is CCCCC/C=C\C/C=C\CCCCCCCC(=O)OC1(OCC(O)CO)CO1. The van der Waals surface area contributed by atoms with Gasteiger partial charge in [-0.05, 0) is 38.5 Å². The van der Waals surface area contributed by atoms with Gasteiger partial charge in [0.1, 0.15) is 12.7 Å². The van der Waals surface area contributed by atoms with Crippen molar-refractivity contribution in [1.29, 1.82) is 0 Å². The zero-order valence-corrected chi connectivity index (χ0v) is 18.0. The number of hydrogen-bond acceptors (Lipinski definition) is 6. The Bertz CT molecular complexity index is 470. The number of allylic oxidation sites excluding steroid dienone is 4. The monoisotopic (exact) mass is 412 g/mol. The molecule has 0 saturated carbocycles. The second kappa shape index (κ2) is 16.6. The molecule has 2 atom stereocenters. The summed E-state index contributed by atoms with van der Waals surface area (Å²) in [6.45, 7) is 1.86. The minimum atomic E-state index is -1.34. The summed E-state index contributed by atoms with van der Waals surface area (Å²) in [5.41, 5.74) is 0. The average molecular weight is 413 g/mol. The average Bonchev–Trinajstić information content (AvgIpc) is 3.48. The van der Waals surface area contributed by atoms with E-state index in [1.807, 2.05) is 0 Å². The fourth-order valence-corrected chi connectivity index (χ4v) is 2.81. The van der Waals surface area contributed by atoms with Gasteiger partial charge in [-0.25, -0.2) is 0 Å². The molecule has 0 aliphatic carbocycles. The van der Waals surface area contributed by atoms with E-state index in [1.54, 1.807) is 0 Å². The number of aliphatic hydroxyl groups excluding tert-OH is 2. The highest BCUT2D eigenvalue weighted by atomic mass is 16.9. The first-order chi connectivity index (χ1) is 14.1. The molecule has 6 nitrogen and oxygen atoms in total. The smallest absolute Gasteiger partial charge is 0.354 e. The quantitative estimate of drug-likeness (QED) is 0.107. The molecule has 0 spiro atoms. The maximum atomic E-state index is 11.8. The minimum Gasteiger partial charge on any atom is -0.406 e. The second-order valence-corrected chi connectivity index (χ2v) is 7.57. The van der Waals surface area contributed by atoms with E-state index in [4.69, 9.17) is 19.3 Å². The Morgan fingerprint density at radius 2 is 1.66 bits per heavy atom. The van der Waals surface area contributed by atoms with E-state index in [1.165, 1.54) is 38.5 Å². The Morgan fingerprint density at radius 1 is 1.03 bits per heavy atom. The highest BCUT2D eigenvalue weighted by Crippen LogP contribution is 2.30. The van der Waals surface area contributed by atoms with Crippen LogP contribution in [0, 0.1) is 0 Å². The molecular formula is C23H40O6. The molecule has 1 aliphatic rings. The molecule has 1 heterocycles. The van der Waals surface area contributed by atoms with Gasteiger partial charge in [0.25, 0.3) is 0 Å². The van der Waals surface area contributed by atoms with Gasteiger partial charge in [-0.1, -0.05) is 63.3 Å². The van der Waals surface area contributed by atoms with Crippen LogP contribution in [0.3, 0.4) is 0 Å². The largest absolute Gasteiger partial charge is 0.406 e. The standard InChI is InChI=1S/C23H40O6/c1-2-3-4-5-6-7-8-9-10-11-12-13-14-15-16-17-22(26)29-23(20-28-23)27-19-21(25)18-24/h6-7,9-10,21,24-25H,2-5,8,11-20H2,1H3/b7-6-,10-9-. The lowest BCUT2D eigenvalue weighted by molar-refractivity contribution is -0.233. The predicted molar refractivity (Wildman–Crippen MR) is 113 cm³/mol. The Hall–Kier alpha value is -1.21. The van der Waals surface area contributed by atoms with Crippen LogP contribution in [0.25, 0.3) is 0 Å².